The molecular formula is C13H16N2OS. The van der Waals surface area contributed by atoms with Crippen molar-refractivity contribution in [2.45, 2.75) is 18.9 Å². The highest BCUT2D eigenvalue weighted by molar-refractivity contribution is 7.07. The zero-order valence-electron chi connectivity index (χ0n) is 9.80. The minimum Gasteiger partial charge on any atom is -0.497 e. The predicted molar refractivity (Wildman–Crippen MR) is 70.4 cm³/mol. The quantitative estimate of drug-likeness (QED) is 0.885. The Bertz CT molecular complexity index is 439. The molecule has 1 unspecified atom stereocenters. The van der Waals surface area contributed by atoms with Crippen molar-refractivity contribution < 1.29 is 4.74 Å². The molecule has 0 saturated heterocycles. The molecule has 3 nitrogen and oxygen atoms in total. The van der Waals surface area contributed by atoms with Gasteiger partial charge in [-0.2, -0.15) is 0 Å². The molecular weight excluding hydrogens is 232 g/mol. The van der Waals surface area contributed by atoms with Crippen molar-refractivity contribution in [2.24, 2.45) is 5.73 Å². The van der Waals surface area contributed by atoms with Crippen LogP contribution in [0, 0.1) is 0 Å². The second-order valence-corrected chi connectivity index (χ2v) is 4.63. The van der Waals surface area contributed by atoms with E-state index < -0.39 is 0 Å². The van der Waals surface area contributed by atoms with Gasteiger partial charge in [-0.1, -0.05) is 12.1 Å². The second kappa shape index (κ2) is 5.80. The third-order valence-electron chi connectivity index (χ3n) is 2.73. The first kappa shape index (κ1) is 12.1. The van der Waals surface area contributed by atoms with Crippen LogP contribution < -0.4 is 10.5 Å². The number of aryl methyl sites for hydroxylation is 1. The average Bonchev–Trinajstić information content (AvgIpc) is 2.90. The predicted octanol–water partition coefficient (Wildman–Crippen LogP) is 2.78. The van der Waals surface area contributed by atoms with E-state index in [0.717, 1.165) is 24.3 Å². The molecule has 0 spiro atoms. The number of ether oxygens (including phenoxy) is 1. The molecule has 0 fully saturated rings. The van der Waals surface area contributed by atoms with E-state index >= 15 is 0 Å². The first-order valence-corrected chi connectivity index (χ1v) is 6.50. The van der Waals surface area contributed by atoms with E-state index in [4.69, 9.17) is 10.5 Å². The van der Waals surface area contributed by atoms with Crippen LogP contribution in [-0.2, 0) is 6.42 Å². The molecule has 90 valence electrons. The molecule has 4 heteroatoms. The summed E-state index contributed by atoms with van der Waals surface area (Å²) in [5, 5.41) is 2.01. The highest BCUT2D eigenvalue weighted by Gasteiger charge is 2.07. The minimum absolute atomic E-state index is 0.0309. The number of rotatable bonds is 5. The number of nitrogens with zero attached hydrogens (tertiary/aromatic N) is 1. The van der Waals surface area contributed by atoms with Crippen LogP contribution in [0.5, 0.6) is 5.75 Å². The third kappa shape index (κ3) is 3.28. The third-order valence-corrected chi connectivity index (χ3v) is 3.34. The number of hydrogen-bond acceptors (Lipinski definition) is 4. The van der Waals surface area contributed by atoms with E-state index in [9.17, 15) is 0 Å². The van der Waals surface area contributed by atoms with Crippen LogP contribution in [0.1, 0.15) is 23.7 Å². The van der Waals surface area contributed by atoms with Crippen LogP contribution in [0.25, 0.3) is 0 Å². The Morgan fingerprint density at radius 3 is 2.71 bits per heavy atom. The summed E-state index contributed by atoms with van der Waals surface area (Å²) in [6.45, 7) is 0. The molecule has 17 heavy (non-hydrogen) atoms. The zero-order chi connectivity index (χ0) is 12.1. The van der Waals surface area contributed by atoms with Crippen LogP contribution >= 0.6 is 11.3 Å². The molecule has 1 heterocycles. The number of thiazole rings is 1. The van der Waals surface area contributed by atoms with Gasteiger partial charge in [0, 0.05) is 11.4 Å². The molecule has 0 saturated carbocycles. The molecule has 1 aromatic heterocycles. The van der Waals surface area contributed by atoms with Crippen molar-refractivity contribution in [3.8, 4) is 5.75 Å². The monoisotopic (exact) mass is 248 g/mol. The van der Waals surface area contributed by atoms with Gasteiger partial charge >= 0.3 is 0 Å². The van der Waals surface area contributed by atoms with Crippen LogP contribution in [0.3, 0.4) is 0 Å². The lowest BCUT2D eigenvalue weighted by molar-refractivity contribution is 0.414. The fourth-order valence-corrected chi connectivity index (χ4v) is 2.29. The van der Waals surface area contributed by atoms with E-state index in [1.54, 1.807) is 18.4 Å². The Kier molecular flexibility index (Phi) is 4.12. The molecule has 1 aromatic carbocycles. The molecule has 0 bridgehead atoms. The standard InChI is InChI=1S/C13H16N2OS/c1-16-11-5-2-10(3-6-11)4-7-12(14)13-8-17-9-15-13/h2-3,5-6,8-9,12H,4,7,14H2,1H3. The van der Waals surface area contributed by atoms with Crippen LogP contribution in [-0.4, -0.2) is 12.1 Å². The maximum atomic E-state index is 6.06. The molecule has 0 aliphatic carbocycles. The summed E-state index contributed by atoms with van der Waals surface area (Å²) in [6, 6.07) is 8.13. The lowest BCUT2D eigenvalue weighted by Crippen LogP contribution is -2.11. The van der Waals surface area contributed by atoms with Crippen molar-refractivity contribution in [3.63, 3.8) is 0 Å². The van der Waals surface area contributed by atoms with E-state index in [0.29, 0.717) is 0 Å². The summed E-state index contributed by atoms with van der Waals surface area (Å²) < 4.78 is 5.12. The molecule has 2 aromatic rings. The Hall–Kier alpha value is -1.39. The summed E-state index contributed by atoms with van der Waals surface area (Å²) >= 11 is 1.59. The van der Waals surface area contributed by atoms with Crippen LogP contribution in [0.2, 0.25) is 0 Å². The van der Waals surface area contributed by atoms with Gasteiger partial charge in [0.05, 0.1) is 18.3 Å². The van der Waals surface area contributed by atoms with Gasteiger partial charge in [-0.05, 0) is 30.5 Å². The fourth-order valence-electron chi connectivity index (χ4n) is 1.67. The van der Waals surface area contributed by atoms with Gasteiger partial charge in [-0.3, -0.25) is 0 Å². The summed E-state index contributed by atoms with van der Waals surface area (Å²) in [4.78, 5) is 4.23. The highest BCUT2D eigenvalue weighted by atomic mass is 32.1. The van der Waals surface area contributed by atoms with Crippen molar-refractivity contribution in [2.75, 3.05) is 7.11 Å². The van der Waals surface area contributed by atoms with Crippen LogP contribution in [0.15, 0.2) is 35.2 Å². The van der Waals surface area contributed by atoms with Gasteiger partial charge in [0.2, 0.25) is 0 Å². The number of hydrogen-bond donors (Lipinski definition) is 1. The van der Waals surface area contributed by atoms with Gasteiger partial charge < -0.3 is 10.5 Å². The molecule has 1 atom stereocenters. The van der Waals surface area contributed by atoms with Crippen LogP contribution in [0.4, 0.5) is 0 Å². The highest BCUT2D eigenvalue weighted by Crippen LogP contribution is 2.18. The first-order chi connectivity index (χ1) is 8.29. The Morgan fingerprint density at radius 1 is 1.35 bits per heavy atom. The van der Waals surface area contributed by atoms with E-state index in [2.05, 4.69) is 17.1 Å². The smallest absolute Gasteiger partial charge is 0.118 e. The largest absolute Gasteiger partial charge is 0.497 e. The Balaban J connectivity index is 1.89. The minimum atomic E-state index is 0.0309. The molecule has 0 radical (unpaired) electrons. The van der Waals surface area contributed by atoms with Crippen molar-refractivity contribution in [3.05, 3.63) is 46.4 Å². The zero-order valence-corrected chi connectivity index (χ0v) is 10.6. The van der Waals surface area contributed by atoms with E-state index in [1.807, 2.05) is 23.0 Å². The number of benzene rings is 1. The van der Waals surface area contributed by atoms with Crippen molar-refractivity contribution in [1.82, 2.24) is 4.98 Å². The van der Waals surface area contributed by atoms with E-state index in [1.165, 1.54) is 5.56 Å². The lowest BCUT2D eigenvalue weighted by atomic mass is 10.0. The van der Waals surface area contributed by atoms with Gasteiger partial charge in [0.1, 0.15) is 5.75 Å². The summed E-state index contributed by atoms with van der Waals surface area (Å²) in [6.07, 6.45) is 1.87. The molecule has 0 aliphatic heterocycles. The normalized spacial score (nSPS) is 12.4. The van der Waals surface area contributed by atoms with Crippen molar-refractivity contribution >= 4 is 11.3 Å². The maximum absolute atomic E-state index is 6.06. The SMILES string of the molecule is COc1ccc(CCC(N)c2cscn2)cc1. The number of methoxy groups -OCH3 is 1. The summed E-state index contributed by atoms with van der Waals surface area (Å²) in [7, 11) is 1.67. The maximum Gasteiger partial charge on any atom is 0.118 e. The average molecular weight is 248 g/mol. The number of aromatic nitrogens is 1. The molecule has 0 amide bonds. The van der Waals surface area contributed by atoms with Crippen molar-refractivity contribution in [1.29, 1.82) is 0 Å². The van der Waals surface area contributed by atoms with Gasteiger partial charge in [-0.25, -0.2) is 4.98 Å². The van der Waals surface area contributed by atoms with Gasteiger partial charge in [0.25, 0.3) is 0 Å². The summed E-state index contributed by atoms with van der Waals surface area (Å²) in [5.41, 5.74) is 10.1. The topological polar surface area (TPSA) is 48.1 Å². The molecule has 2 rings (SSSR count). The van der Waals surface area contributed by atoms with Gasteiger partial charge in [-0.15, -0.1) is 11.3 Å². The second-order valence-electron chi connectivity index (χ2n) is 3.91. The Morgan fingerprint density at radius 2 is 2.12 bits per heavy atom. The van der Waals surface area contributed by atoms with Gasteiger partial charge in [0.15, 0.2) is 0 Å². The summed E-state index contributed by atoms with van der Waals surface area (Å²) in [5.74, 6) is 0.887. The lowest BCUT2D eigenvalue weighted by Gasteiger charge is -2.09. The molecule has 2 N–H and O–H groups in total. The molecule has 0 aliphatic rings. The van der Waals surface area contributed by atoms with E-state index in [-0.39, 0.29) is 6.04 Å². The Labute approximate surface area is 105 Å². The number of nitrogens with two attached hydrogens (primary N) is 1. The first-order valence-electron chi connectivity index (χ1n) is 5.56. The fraction of sp³-hybridized carbons (Fsp3) is 0.308.